The third kappa shape index (κ3) is 4.14. The zero-order chi connectivity index (χ0) is 19.3. The van der Waals surface area contributed by atoms with Crippen LogP contribution in [0.2, 0.25) is 0 Å². The van der Waals surface area contributed by atoms with Crippen molar-refractivity contribution in [1.82, 2.24) is 0 Å². The van der Waals surface area contributed by atoms with E-state index in [4.69, 9.17) is 10.6 Å². The third-order valence-corrected chi connectivity index (χ3v) is 5.05. The first-order valence-electron chi connectivity index (χ1n) is 9.56. The smallest absolute Gasteiger partial charge is 0.255 e. The zero-order valence-corrected chi connectivity index (χ0v) is 15.6. The Kier molecular flexibility index (Phi) is 5.24. The first-order chi connectivity index (χ1) is 13.7. The highest BCUT2D eigenvalue weighted by Gasteiger charge is 2.16. The number of carbonyl (C=O) groups is 1. The van der Waals surface area contributed by atoms with Crippen LogP contribution in [0.15, 0.2) is 65.8 Å². The summed E-state index contributed by atoms with van der Waals surface area (Å²) in [5.41, 5.74) is 2.26. The summed E-state index contributed by atoms with van der Waals surface area (Å²) in [7, 11) is 0. The van der Waals surface area contributed by atoms with Gasteiger partial charge in [-0.1, -0.05) is 24.3 Å². The minimum Gasteiger partial charge on any atom is -0.490 e. The van der Waals surface area contributed by atoms with Crippen molar-refractivity contribution in [3.8, 4) is 5.75 Å². The van der Waals surface area contributed by atoms with Crippen molar-refractivity contribution in [2.45, 2.75) is 31.8 Å². The molecule has 0 bridgehead atoms. The Morgan fingerprint density at radius 3 is 2.64 bits per heavy atom. The first kappa shape index (κ1) is 18.0. The number of amides is 1. The van der Waals surface area contributed by atoms with Crippen LogP contribution in [0.4, 0.5) is 5.69 Å². The maximum atomic E-state index is 12.7. The number of rotatable bonds is 5. The standard InChI is InChI=1S/C23H23N3O2/c24-25-15-16-8-9-18-13-19(11-10-17(18)12-16)23(27)26-20-4-3-7-22(14-20)28-21-5-1-2-6-21/h3-4,7-15,21H,1-2,5-6,24H2,(H,26,27). The molecule has 142 valence electrons. The molecule has 28 heavy (non-hydrogen) atoms. The normalized spacial score (nSPS) is 14.6. The van der Waals surface area contributed by atoms with E-state index in [0.29, 0.717) is 11.7 Å². The minimum absolute atomic E-state index is 0.146. The maximum absolute atomic E-state index is 12.7. The van der Waals surface area contributed by atoms with Crippen LogP contribution in [0.5, 0.6) is 5.75 Å². The van der Waals surface area contributed by atoms with Gasteiger partial charge in [0.2, 0.25) is 0 Å². The summed E-state index contributed by atoms with van der Waals surface area (Å²) in [6, 6.07) is 19.1. The van der Waals surface area contributed by atoms with Gasteiger partial charge in [0.15, 0.2) is 0 Å². The molecule has 1 aliphatic rings. The zero-order valence-electron chi connectivity index (χ0n) is 15.6. The lowest BCUT2D eigenvalue weighted by Crippen LogP contribution is -2.13. The molecule has 1 amide bonds. The van der Waals surface area contributed by atoms with Crippen LogP contribution in [0, 0.1) is 0 Å². The first-order valence-corrected chi connectivity index (χ1v) is 9.56. The van der Waals surface area contributed by atoms with Gasteiger partial charge in [0.1, 0.15) is 5.75 Å². The Balaban J connectivity index is 1.49. The lowest BCUT2D eigenvalue weighted by molar-refractivity contribution is 0.102. The monoisotopic (exact) mass is 373 g/mol. The molecule has 1 saturated carbocycles. The van der Waals surface area contributed by atoms with Crippen LogP contribution in [0.1, 0.15) is 41.6 Å². The second-order valence-corrected chi connectivity index (χ2v) is 7.11. The number of carbonyl (C=O) groups excluding carboxylic acids is 1. The van der Waals surface area contributed by atoms with Gasteiger partial charge >= 0.3 is 0 Å². The number of anilines is 1. The summed E-state index contributed by atoms with van der Waals surface area (Å²) in [5, 5.41) is 8.52. The van der Waals surface area contributed by atoms with Crippen molar-refractivity contribution < 1.29 is 9.53 Å². The van der Waals surface area contributed by atoms with Crippen LogP contribution in [0.3, 0.4) is 0 Å². The number of nitrogens with zero attached hydrogens (tertiary/aromatic N) is 1. The van der Waals surface area contributed by atoms with Gasteiger partial charge in [-0.2, -0.15) is 5.10 Å². The highest BCUT2D eigenvalue weighted by atomic mass is 16.5. The largest absolute Gasteiger partial charge is 0.490 e. The van der Waals surface area contributed by atoms with E-state index in [1.165, 1.54) is 12.8 Å². The van der Waals surface area contributed by atoms with E-state index in [-0.39, 0.29) is 5.91 Å². The fourth-order valence-electron chi connectivity index (χ4n) is 3.62. The number of fused-ring (bicyclic) bond motifs is 1. The number of hydrogen-bond acceptors (Lipinski definition) is 4. The van der Waals surface area contributed by atoms with Crippen LogP contribution in [-0.4, -0.2) is 18.2 Å². The molecule has 0 aliphatic heterocycles. The molecular weight excluding hydrogens is 350 g/mol. The van der Waals surface area contributed by atoms with E-state index in [0.717, 1.165) is 40.6 Å². The molecular formula is C23H23N3O2. The molecule has 0 unspecified atom stereocenters. The average molecular weight is 373 g/mol. The number of nitrogens with two attached hydrogens (primary N) is 1. The summed E-state index contributed by atoms with van der Waals surface area (Å²) in [6.07, 6.45) is 6.55. The van der Waals surface area contributed by atoms with Gasteiger partial charge in [-0.3, -0.25) is 4.79 Å². The Hall–Kier alpha value is -3.34. The fraction of sp³-hybridized carbons (Fsp3) is 0.217. The summed E-state index contributed by atoms with van der Waals surface area (Å²) >= 11 is 0. The molecule has 1 fully saturated rings. The predicted molar refractivity (Wildman–Crippen MR) is 113 cm³/mol. The van der Waals surface area contributed by atoms with E-state index in [9.17, 15) is 4.79 Å². The van der Waals surface area contributed by atoms with Gasteiger partial charge in [0, 0.05) is 17.3 Å². The van der Waals surface area contributed by atoms with Crippen LogP contribution < -0.4 is 15.9 Å². The average Bonchev–Trinajstić information content (AvgIpc) is 3.21. The van der Waals surface area contributed by atoms with E-state index >= 15 is 0 Å². The Labute approximate surface area is 164 Å². The molecule has 3 N–H and O–H groups in total. The van der Waals surface area contributed by atoms with E-state index in [1.807, 2.05) is 60.7 Å². The third-order valence-electron chi connectivity index (χ3n) is 5.05. The van der Waals surface area contributed by atoms with Crippen molar-refractivity contribution in [2.75, 3.05) is 5.32 Å². The molecule has 5 nitrogen and oxygen atoms in total. The molecule has 0 spiro atoms. The second-order valence-electron chi connectivity index (χ2n) is 7.11. The van der Waals surface area contributed by atoms with E-state index in [1.54, 1.807) is 6.21 Å². The number of hydrogen-bond donors (Lipinski definition) is 2. The van der Waals surface area contributed by atoms with Crippen LogP contribution in [0.25, 0.3) is 10.8 Å². The summed E-state index contributed by atoms with van der Waals surface area (Å²) in [4.78, 5) is 12.7. The van der Waals surface area contributed by atoms with Crippen molar-refractivity contribution in [2.24, 2.45) is 10.9 Å². The van der Waals surface area contributed by atoms with Crippen LogP contribution in [-0.2, 0) is 0 Å². The molecule has 5 heteroatoms. The quantitative estimate of drug-likeness (QED) is 0.386. The molecule has 3 aromatic carbocycles. The number of benzene rings is 3. The Morgan fingerprint density at radius 1 is 1.04 bits per heavy atom. The fourth-order valence-corrected chi connectivity index (χ4v) is 3.62. The van der Waals surface area contributed by atoms with E-state index < -0.39 is 0 Å². The Bertz CT molecular complexity index is 1020. The molecule has 3 aromatic rings. The lowest BCUT2D eigenvalue weighted by Gasteiger charge is -2.14. The van der Waals surface area contributed by atoms with Gasteiger partial charge in [-0.25, -0.2) is 0 Å². The minimum atomic E-state index is -0.146. The molecule has 0 heterocycles. The number of nitrogens with one attached hydrogen (secondary N) is 1. The van der Waals surface area contributed by atoms with Crippen LogP contribution >= 0.6 is 0 Å². The SMILES string of the molecule is NN=Cc1ccc2cc(C(=O)Nc3cccc(OC4CCCC4)c3)ccc2c1. The highest BCUT2D eigenvalue weighted by Crippen LogP contribution is 2.26. The summed E-state index contributed by atoms with van der Waals surface area (Å²) < 4.78 is 6.02. The maximum Gasteiger partial charge on any atom is 0.255 e. The summed E-state index contributed by atoms with van der Waals surface area (Å²) in [6.45, 7) is 0. The van der Waals surface area contributed by atoms with Crippen molar-refractivity contribution >= 4 is 28.6 Å². The molecule has 0 saturated heterocycles. The highest BCUT2D eigenvalue weighted by molar-refractivity contribution is 6.06. The van der Waals surface area contributed by atoms with Gasteiger partial charge in [-0.15, -0.1) is 0 Å². The molecule has 0 aromatic heterocycles. The molecule has 4 rings (SSSR count). The van der Waals surface area contributed by atoms with Crippen molar-refractivity contribution in [3.05, 3.63) is 71.8 Å². The van der Waals surface area contributed by atoms with Crippen molar-refractivity contribution in [1.29, 1.82) is 0 Å². The van der Waals surface area contributed by atoms with Crippen molar-refractivity contribution in [3.63, 3.8) is 0 Å². The number of hydrazone groups is 1. The molecule has 1 aliphatic carbocycles. The topological polar surface area (TPSA) is 76.7 Å². The van der Waals surface area contributed by atoms with Gasteiger partial charge in [0.05, 0.1) is 12.3 Å². The van der Waals surface area contributed by atoms with E-state index in [2.05, 4.69) is 10.4 Å². The number of ether oxygens (including phenoxy) is 1. The molecule has 0 atom stereocenters. The second kappa shape index (κ2) is 8.13. The summed E-state index contributed by atoms with van der Waals surface area (Å²) in [5.74, 6) is 5.86. The Morgan fingerprint density at radius 2 is 1.82 bits per heavy atom. The van der Waals surface area contributed by atoms with Gasteiger partial charge < -0.3 is 15.9 Å². The molecule has 0 radical (unpaired) electrons. The van der Waals surface area contributed by atoms with Gasteiger partial charge in [0.25, 0.3) is 5.91 Å². The van der Waals surface area contributed by atoms with Gasteiger partial charge in [-0.05, 0) is 72.4 Å². The predicted octanol–water partition coefficient (Wildman–Crippen LogP) is 4.71. The lowest BCUT2D eigenvalue weighted by atomic mass is 10.0.